The molecule has 0 saturated carbocycles. The Labute approximate surface area is 163 Å². The molecule has 0 bridgehead atoms. The highest BCUT2D eigenvalue weighted by molar-refractivity contribution is 7.92. The zero-order chi connectivity index (χ0) is 20.1. The van der Waals surface area contributed by atoms with Crippen molar-refractivity contribution in [1.29, 1.82) is 5.26 Å². The van der Waals surface area contributed by atoms with Crippen LogP contribution in [0.3, 0.4) is 0 Å². The van der Waals surface area contributed by atoms with Crippen LogP contribution in [0.25, 0.3) is 5.57 Å². The molecular weight excluding hydrogens is 380 g/mol. The van der Waals surface area contributed by atoms with Crippen LogP contribution < -0.4 is 4.72 Å². The van der Waals surface area contributed by atoms with Gasteiger partial charge in [-0.25, -0.2) is 13.2 Å². The van der Waals surface area contributed by atoms with Crippen molar-refractivity contribution < 1.29 is 22.4 Å². The molecule has 1 atom stereocenters. The lowest BCUT2D eigenvalue weighted by Crippen LogP contribution is -2.16. The SMILES string of the molecule is CCCCS(=O)(=O)Nc1ccc(C2=C(C#N)C(=O)OC2Cc2ccco2)cc1. The molecule has 0 radical (unpaired) electrons. The maximum Gasteiger partial charge on any atom is 0.349 e. The molecule has 7 nitrogen and oxygen atoms in total. The molecule has 1 N–H and O–H groups in total. The second kappa shape index (κ2) is 8.31. The van der Waals surface area contributed by atoms with Crippen molar-refractivity contribution in [3.05, 3.63) is 59.6 Å². The highest BCUT2D eigenvalue weighted by atomic mass is 32.2. The number of carbonyl (C=O) groups is 1. The van der Waals surface area contributed by atoms with Gasteiger partial charge < -0.3 is 9.15 Å². The lowest BCUT2D eigenvalue weighted by Gasteiger charge is -2.14. The van der Waals surface area contributed by atoms with E-state index < -0.39 is 22.1 Å². The summed E-state index contributed by atoms with van der Waals surface area (Å²) in [5, 5.41) is 9.38. The third kappa shape index (κ3) is 4.43. The molecule has 0 amide bonds. The number of unbranched alkanes of at least 4 members (excludes halogenated alkanes) is 1. The molecule has 2 aromatic rings. The fraction of sp³-hybridized carbons (Fsp3) is 0.300. The van der Waals surface area contributed by atoms with E-state index in [2.05, 4.69) is 4.72 Å². The molecule has 1 aliphatic rings. The quantitative estimate of drug-likeness (QED) is 0.681. The van der Waals surface area contributed by atoms with Crippen molar-refractivity contribution in [1.82, 2.24) is 0 Å². The molecule has 0 saturated heterocycles. The van der Waals surface area contributed by atoms with Crippen LogP contribution in [0.2, 0.25) is 0 Å². The van der Waals surface area contributed by atoms with E-state index in [0.29, 0.717) is 35.4 Å². The van der Waals surface area contributed by atoms with Crippen LogP contribution in [-0.4, -0.2) is 26.2 Å². The number of rotatable bonds is 8. The summed E-state index contributed by atoms with van der Waals surface area (Å²) >= 11 is 0. The lowest BCUT2D eigenvalue weighted by atomic mass is 9.95. The van der Waals surface area contributed by atoms with Crippen molar-refractivity contribution in [2.75, 3.05) is 10.5 Å². The topological polar surface area (TPSA) is 109 Å². The summed E-state index contributed by atoms with van der Waals surface area (Å²) in [5.41, 5.74) is 1.47. The largest absolute Gasteiger partial charge is 0.469 e. The van der Waals surface area contributed by atoms with Gasteiger partial charge >= 0.3 is 5.97 Å². The molecular formula is C20H20N2O5S. The number of nitrogens with zero attached hydrogens (tertiary/aromatic N) is 1. The number of nitrogens with one attached hydrogen (secondary N) is 1. The first kappa shape index (κ1) is 19.7. The van der Waals surface area contributed by atoms with Crippen LogP contribution in [0.4, 0.5) is 5.69 Å². The molecule has 1 aliphatic heterocycles. The van der Waals surface area contributed by atoms with Crippen molar-refractivity contribution in [3.63, 3.8) is 0 Å². The summed E-state index contributed by atoms with van der Waals surface area (Å²) in [4.78, 5) is 12.1. The number of esters is 1. The Hall–Kier alpha value is -3.05. The molecule has 146 valence electrons. The van der Waals surface area contributed by atoms with E-state index in [4.69, 9.17) is 9.15 Å². The van der Waals surface area contributed by atoms with E-state index >= 15 is 0 Å². The number of hydrogen-bond donors (Lipinski definition) is 1. The van der Waals surface area contributed by atoms with Crippen LogP contribution in [0.5, 0.6) is 0 Å². The van der Waals surface area contributed by atoms with Crippen molar-refractivity contribution in [3.8, 4) is 6.07 Å². The standard InChI is InChI=1S/C20H20N2O5S/c1-2-3-11-28(24,25)22-15-8-6-14(7-9-15)19-17(13-21)20(23)27-18(19)12-16-5-4-10-26-16/h4-10,18,22H,2-3,11-12H2,1H3. The van der Waals surface area contributed by atoms with Crippen LogP contribution >= 0.6 is 0 Å². The second-order valence-electron chi connectivity index (χ2n) is 6.43. The van der Waals surface area contributed by atoms with Gasteiger partial charge in [-0.05, 0) is 36.2 Å². The fourth-order valence-corrected chi connectivity index (χ4v) is 4.26. The Morgan fingerprint density at radius 1 is 1.21 bits per heavy atom. The number of nitriles is 1. The molecule has 8 heteroatoms. The molecule has 2 heterocycles. The number of cyclic esters (lactones) is 1. The molecule has 1 aromatic carbocycles. The average Bonchev–Trinajstić information content (AvgIpc) is 3.28. The number of ether oxygens (including phenoxy) is 1. The Balaban J connectivity index is 1.84. The number of sulfonamides is 1. The summed E-state index contributed by atoms with van der Waals surface area (Å²) < 4.78 is 37.3. The van der Waals surface area contributed by atoms with Gasteiger partial charge in [0.1, 0.15) is 23.5 Å². The predicted octanol–water partition coefficient (Wildman–Crippen LogP) is 3.27. The normalized spacial score (nSPS) is 16.7. The Morgan fingerprint density at radius 3 is 2.57 bits per heavy atom. The predicted molar refractivity (Wildman–Crippen MR) is 104 cm³/mol. The average molecular weight is 400 g/mol. The minimum atomic E-state index is -3.40. The van der Waals surface area contributed by atoms with E-state index in [1.54, 1.807) is 36.4 Å². The monoisotopic (exact) mass is 400 g/mol. The van der Waals surface area contributed by atoms with Crippen molar-refractivity contribution in [2.24, 2.45) is 0 Å². The smallest absolute Gasteiger partial charge is 0.349 e. The number of anilines is 1. The zero-order valence-electron chi connectivity index (χ0n) is 15.3. The first-order valence-electron chi connectivity index (χ1n) is 8.92. The number of furan rings is 1. The van der Waals surface area contributed by atoms with Gasteiger partial charge in [-0.3, -0.25) is 4.72 Å². The Bertz CT molecular complexity index is 1020. The van der Waals surface area contributed by atoms with Gasteiger partial charge in [-0.2, -0.15) is 5.26 Å². The van der Waals surface area contributed by atoms with Gasteiger partial charge in [0, 0.05) is 17.7 Å². The van der Waals surface area contributed by atoms with Gasteiger partial charge in [0.15, 0.2) is 0 Å². The summed E-state index contributed by atoms with van der Waals surface area (Å²) in [7, 11) is -3.40. The minimum absolute atomic E-state index is 0.0483. The summed E-state index contributed by atoms with van der Waals surface area (Å²) in [6.07, 6.45) is 2.57. The second-order valence-corrected chi connectivity index (χ2v) is 8.27. The van der Waals surface area contributed by atoms with E-state index in [1.165, 1.54) is 6.26 Å². The van der Waals surface area contributed by atoms with E-state index in [9.17, 15) is 18.5 Å². The van der Waals surface area contributed by atoms with E-state index in [-0.39, 0.29) is 11.3 Å². The first-order valence-corrected chi connectivity index (χ1v) is 10.6. The Morgan fingerprint density at radius 2 is 1.96 bits per heavy atom. The van der Waals surface area contributed by atoms with Gasteiger partial charge in [0.2, 0.25) is 10.0 Å². The number of carbonyl (C=O) groups excluding carboxylic acids is 1. The summed E-state index contributed by atoms with van der Waals surface area (Å²) in [5.74, 6) is 0.0240. The van der Waals surface area contributed by atoms with E-state index in [0.717, 1.165) is 6.42 Å². The summed E-state index contributed by atoms with van der Waals surface area (Å²) in [6, 6.07) is 12.0. The highest BCUT2D eigenvalue weighted by Gasteiger charge is 2.35. The van der Waals surface area contributed by atoms with Crippen LogP contribution in [-0.2, 0) is 26.0 Å². The van der Waals surface area contributed by atoms with E-state index in [1.807, 2.05) is 13.0 Å². The number of benzene rings is 1. The van der Waals surface area contributed by atoms with Gasteiger partial charge in [-0.1, -0.05) is 25.5 Å². The van der Waals surface area contributed by atoms with Crippen molar-refractivity contribution >= 4 is 27.3 Å². The van der Waals surface area contributed by atoms with Gasteiger partial charge in [0.25, 0.3) is 0 Å². The molecule has 3 rings (SSSR count). The molecule has 28 heavy (non-hydrogen) atoms. The van der Waals surface area contributed by atoms with Crippen LogP contribution in [0.1, 0.15) is 31.1 Å². The molecule has 0 spiro atoms. The van der Waals surface area contributed by atoms with Crippen LogP contribution in [0, 0.1) is 11.3 Å². The minimum Gasteiger partial charge on any atom is -0.469 e. The Kier molecular flexibility index (Phi) is 5.85. The molecule has 1 unspecified atom stereocenters. The van der Waals surface area contributed by atoms with Crippen molar-refractivity contribution in [2.45, 2.75) is 32.3 Å². The maximum absolute atomic E-state index is 12.1. The summed E-state index contributed by atoms with van der Waals surface area (Å²) in [6.45, 7) is 1.93. The molecule has 1 aromatic heterocycles. The molecule has 0 fully saturated rings. The fourth-order valence-electron chi connectivity index (χ4n) is 2.99. The maximum atomic E-state index is 12.1. The van der Waals surface area contributed by atoms with Gasteiger partial charge in [-0.15, -0.1) is 0 Å². The third-order valence-corrected chi connectivity index (χ3v) is 5.73. The molecule has 0 aliphatic carbocycles. The highest BCUT2D eigenvalue weighted by Crippen LogP contribution is 2.34. The third-order valence-electron chi connectivity index (χ3n) is 4.36. The first-order chi connectivity index (χ1) is 13.4. The number of hydrogen-bond acceptors (Lipinski definition) is 6. The zero-order valence-corrected chi connectivity index (χ0v) is 16.2. The van der Waals surface area contributed by atoms with Gasteiger partial charge in [0.05, 0.1) is 12.0 Å². The lowest BCUT2D eigenvalue weighted by molar-refractivity contribution is -0.139. The van der Waals surface area contributed by atoms with Crippen LogP contribution in [0.15, 0.2) is 52.7 Å².